The summed E-state index contributed by atoms with van der Waals surface area (Å²) in [5, 5.41) is 0.254. The van der Waals surface area contributed by atoms with Gasteiger partial charge in [0.15, 0.2) is 11.5 Å². The summed E-state index contributed by atoms with van der Waals surface area (Å²) in [6.07, 6.45) is 3.34. The normalized spacial score (nSPS) is 15.1. The number of benzene rings is 2. The van der Waals surface area contributed by atoms with Crippen molar-refractivity contribution in [2.45, 2.75) is 13.5 Å². The SMILES string of the molecule is C=CCOc1ccc(/C=C2\SC(=O)N(Cc3cccc(Cl)c3)C2=O)cc1OCC. The van der Waals surface area contributed by atoms with Gasteiger partial charge < -0.3 is 9.47 Å². The average molecular weight is 430 g/mol. The van der Waals surface area contributed by atoms with Crippen LogP contribution in [0.15, 0.2) is 60.0 Å². The van der Waals surface area contributed by atoms with Gasteiger partial charge in [-0.1, -0.05) is 42.5 Å². The van der Waals surface area contributed by atoms with Crippen molar-refractivity contribution in [3.05, 3.63) is 76.2 Å². The molecule has 2 amide bonds. The minimum Gasteiger partial charge on any atom is -0.490 e. The molecule has 0 aliphatic carbocycles. The summed E-state index contributed by atoms with van der Waals surface area (Å²) in [6.45, 7) is 6.54. The maximum atomic E-state index is 12.7. The molecule has 5 nitrogen and oxygen atoms in total. The quantitative estimate of drug-likeness (QED) is 0.407. The largest absolute Gasteiger partial charge is 0.490 e. The Labute approximate surface area is 178 Å². The molecule has 2 aromatic carbocycles. The molecule has 0 radical (unpaired) electrons. The monoisotopic (exact) mass is 429 g/mol. The van der Waals surface area contributed by atoms with E-state index in [1.54, 1.807) is 42.5 Å². The Morgan fingerprint density at radius 3 is 2.69 bits per heavy atom. The Hall–Kier alpha value is -2.70. The van der Waals surface area contributed by atoms with Crippen LogP contribution in [0.1, 0.15) is 18.1 Å². The number of carbonyl (C=O) groups is 2. The number of amides is 2. The fraction of sp³-hybridized carbons (Fsp3) is 0.182. The molecule has 0 saturated carbocycles. The first-order valence-corrected chi connectivity index (χ1v) is 10.2. The lowest BCUT2D eigenvalue weighted by Crippen LogP contribution is -2.27. The van der Waals surface area contributed by atoms with E-state index in [4.69, 9.17) is 21.1 Å². The molecule has 1 aliphatic heterocycles. The molecule has 1 fully saturated rings. The van der Waals surface area contributed by atoms with E-state index in [1.807, 2.05) is 19.1 Å². The summed E-state index contributed by atoms with van der Waals surface area (Å²) < 4.78 is 11.2. The van der Waals surface area contributed by atoms with Gasteiger partial charge in [-0.3, -0.25) is 14.5 Å². The third kappa shape index (κ3) is 5.22. The van der Waals surface area contributed by atoms with E-state index in [1.165, 1.54) is 4.90 Å². The van der Waals surface area contributed by atoms with Gasteiger partial charge in [-0.2, -0.15) is 0 Å². The molecule has 3 rings (SSSR count). The Kier molecular flexibility index (Phi) is 7.01. The van der Waals surface area contributed by atoms with Crippen LogP contribution in [0, 0.1) is 0 Å². The van der Waals surface area contributed by atoms with Crippen LogP contribution in [0.2, 0.25) is 5.02 Å². The smallest absolute Gasteiger partial charge is 0.293 e. The number of nitrogens with zero attached hydrogens (tertiary/aromatic N) is 1. The molecule has 29 heavy (non-hydrogen) atoms. The second kappa shape index (κ2) is 9.67. The molecule has 0 atom stereocenters. The highest BCUT2D eigenvalue weighted by atomic mass is 35.5. The van der Waals surface area contributed by atoms with Crippen LogP contribution in [0.25, 0.3) is 6.08 Å². The van der Waals surface area contributed by atoms with Gasteiger partial charge in [0, 0.05) is 5.02 Å². The fourth-order valence-electron chi connectivity index (χ4n) is 2.76. The topological polar surface area (TPSA) is 55.8 Å². The third-order valence-electron chi connectivity index (χ3n) is 4.03. The molecular formula is C22H20ClNO4S. The Morgan fingerprint density at radius 1 is 1.14 bits per heavy atom. The van der Waals surface area contributed by atoms with E-state index in [9.17, 15) is 9.59 Å². The zero-order chi connectivity index (χ0) is 20.8. The van der Waals surface area contributed by atoms with Crippen LogP contribution < -0.4 is 9.47 Å². The van der Waals surface area contributed by atoms with Crippen LogP contribution in [0.3, 0.4) is 0 Å². The van der Waals surface area contributed by atoms with Crippen molar-refractivity contribution in [2.24, 2.45) is 0 Å². The molecule has 150 valence electrons. The standard InChI is InChI=1S/C22H20ClNO4S/c1-3-10-28-18-9-8-15(12-19(18)27-4-2)13-20-21(25)24(22(26)29-20)14-16-6-5-7-17(23)11-16/h3,5-9,11-13H,1,4,10,14H2,2H3/b20-13-. The number of imide groups is 1. The van der Waals surface area contributed by atoms with Crippen LogP contribution in [-0.4, -0.2) is 29.3 Å². The molecule has 7 heteroatoms. The van der Waals surface area contributed by atoms with Gasteiger partial charge in [0.05, 0.1) is 18.1 Å². The second-order valence-corrected chi connectivity index (χ2v) is 7.57. The first-order chi connectivity index (χ1) is 14.0. The number of ether oxygens (including phenoxy) is 2. The van der Waals surface area contributed by atoms with Crippen molar-refractivity contribution in [3.63, 3.8) is 0 Å². The molecule has 2 aromatic rings. The third-order valence-corrected chi connectivity index (χ3v) is 5.17. The van der Waals surface area contributed by atoms with E-state index < -0.39 is 0 Å². The maximum absolute atomic E-state index is 12.7. The molecule has 0 aromatic heterocycles. The van der Waals surface area contributed by atoms with Gasteiger partial charge >= 0.3 is 0 Å². The van der Waals surface area contributed by atoms with Gasteiger partial charge in [-0.05, 0) is 60.2 Å². The second-order valence-electron chi connectivity index (χ2n) is 6.14. The predicted octanol–water partition coefficient (Wildman–Crippen LogP) is 5.54. The van der Waals surface area contributed by atoms with E-state index in [0.29, 0.717) is 34.6 Å². The number of carbonyl (C=O) groups excluding carboxylic acids is 2. The summed E-state index contributed by atoms with van der Waals surface area (Å²) in [5.74, 6) is 0.837. The van der Waals surface area contributed by atoms with E-state index in [2.05, 4.69) is 6.58 Å². The molecule has 0 bridgehead atoms. The zero-order valence-electron chi connectivity index (χ0n) is 15.9. The lowest BCUT2D eigenvalue weighted by molar-refractivity contribution is -0.123. The van der Waals surface area contributed by atoms with Crippen molar-refractivity contribution < 1.29 is 19.1 Å². The van der Waals surface area contributed by atoms with E-state index in [0.717, 1.165) is 22.9 Å². The van der Waals surface area contributed by atoms with Crippen molar-refractivity contribution in [2.75, 3.05) is 13.2 Å². The van der Waals surface area contributed by atoms with Gasteiger partial charge in [0.1, 0.15) is 6.61 Å². The first-order valence-electron chi connectivity index (χ1n) is 9.02. The van der Waals surface area contributed by atoms with Crippen LogP contribution >= 0.6 is 23.4 Å². The van der Waals surface area contributed by atoms with Crippen LogP contribution in [0.4, 0.5) is 4.79 Å². The maximum Gasteiger partial charge on any atom is 0.293 e. The molecule has 0 spiro atoms. The van der Waals surface area contributed by atoms with Crippen LogP contribution in [0.5, 0.6) is 11.5 Å². The lowest BCUT2D eigenvalue weighted by atomic mass is 10.1. The summed E-state index contributed by atoms with van der Waals surface area (Å²) in [6, 6.07) is 12.5. The van der Waals surface area contributed by atoms with Crippen molar-refractivity contribution in [1.82, 2.24) is 4.90 Å². The van der Waals surface area contributed by atoms with Crippen molar-refractivity contribution in [3.8, 4) is 11.5 Å². The van der Waals surface area contributed by atoms with E-state index in [-0.39, 0.29) is 17.7 Å². The number of thioether (sulfide) groups is 1. The summed E-state index contributed by atoms with van der Waals surface area (Å²) in [5.41, 5.74) is 1.54. The Balaban J connectivity index is 1.81. The molecule has 0 N–H and O–H groups in total. The minimum atomic E-state index is -0.329. The minimum absolute atomic E-state index is 0.182. The molecule has 1 heterocycles. The van der Waals surface area contributed by atoms with Crippen LogP contribution in [-0.2, 0) is 11.3 Å². The van der Waals surface area contributed by atoms with Gasteiger partial charge in [-0.15, -0.1) is 0 Å². The number of halogens is 1. The van der Waals surface area contributed by atoms with Crippen molar-refractivity contribution >= 4 is 40.6 Å². The Bertz CT molecular complexity index is 973. The summed E-state index contributed by atoms with van der Waals surface area (Å²) in [4.78, 5) is 26.7. The number of hydrogen-bond acceptors (Lipinski definition) is 5. The van der Waals surface area contributed by atoms with E-state index >= 15 is 0 Å². The highest BCUT2D eigenvalue weighted by Crippen LogP contribution is 2.35. The molecule has 1 aliphatic rings. The first kappa shape index (κ1) is 21.0. The predicted molar refractivity (Wildman–Crippen MR) is 116 cm³/mol. The zero-order valence-corrected chi connectivity index (χ0v) is 17.5. The summed E-state index contributed by atoms with van der Waals surface area (Å²) in [7, 11) is 0. The molecular weight excluding hydrogens is 410 g/mol. The highest BCUT2D eigenvalue weighted by molar-refractivity contribution is 8.18. The number of hydrogen-bond donors (Lipinski definition) is 0. The molecule has 0 unspecified atom stereocenters. The fourth-order valence-corrected chi connectivity index (χ4v) is 3.81. The lowest BCUT2D eigenvalue weighted by Gasteiger charge is -2.13. The molecule has 1 saturated heterocycles. The van der Waals surface area contributed by atoms with Gasteiger partial charge in [0.25, 0.3) is 11.1 Å². The summed E-state index contributed by atoms with van der Waals surface area (Å²) >= 11 is 6.91. The Morgan fingerprint density at radius 2 is 1.97 bits per heavy atom. The van der Waals surface area contributed by atoms with Gasteiger partial charge in [0.2, 0.25) is 0 Å². The van der Waals surface area contributed by atoms with Crippen molar-refractivity contribution in [1.29, 1.82) is 0 Å². The highest BCUT2D eigenvalue weighted by Gasteiger charge is 2.35. The average Bonchev–Trinajstić information content (AvgIpc) is 2.95. The van der Waals surface area contributed by atoms with Gasteiger partial charge in [-0.25, -0.2) is 0 Å². The number of rotatable bonds is 8.